The van der Waals surface area contributed by atoms with Crippen LogP contribution < -0.4 is 4.74 Å². The van der Waals surface area contributed by atoms with Gasteiger partial charge in [-0.05, 0) is 36.3 Å². The summed E-state index contributed by atoms with van der Waals surface area (Å²) in [6.07, 6.45) is 3.05. The number of hydrogen-bond donors (Lipinski definition) is 1. The van der Waals surface area contributed by atoms with E-state index in [1.807, 2.05) is 30.3 Å². The monoisotopic (exact) mass is 247 g/mol. The molecule has 2 aromatic carbocycles. The van der Waals surface area contributed by atoms with Crippen molar-refractivity contribution in [3.8, 4) is 5.75 Å². The highest BCUT2D eigenvalue weighted by molar-refractivity contribution is 5.84. The van der Waals surface area contributed by atoms with Crippen LogP contribution in [0.1, 0.15) is 11.3 Å². The summed E-state index contributed by atoms with van der Waals surface area (Å²) in [6.45, 7) is 0. The van der Waals surface area contributed by atoms with E-state index in [1.54, 1.807) is 0 Å². The quantitative estimate of drug-likeness (QED) is 0.686. The first kappa shape index (κ1) is 10.4. The Morgan fingerprint density at radius 3 is 2.74 bits per heavy atom. The molecule has 0 fully saturated rings. The van der Waals surface area contributed by atoms with Crippen LogP contribution in [0.3, 0.4) is 0 Å². The molecule has 0 bridgehead atoms. The van der Waals surface area contributed by atoms with Crippen LogP contribution >= 0.6 is 0 Å². The first-order chi connectivity index (χ1) is 9.40. The summed E-state index contributed by atoms with van der Waals surface area (Å²) in [4.78, 5) is 3.40. The number of rotatable bonds is 1. The Morgan fingerprint density at radius 2 is 1.79 bits per heavy atom. The third-order valence-corrected chi connectivity index (χ3v) is 3.50. The van der Waals surface area contributed by atoms with Gasteiger partial charge in [-0.2, -0.15) is 0 Å². The Morgan fingerprint density at radius 1 is 0.947 bits per heavy atom. The lowest BCUT2D eigenvalue weighted by Gasteiger charge is -2.17. The number of allylic oxidation sites excluding steroid dienone is 1. The number of aromatic amines is 1. The van der Waals surface area contributed by atoms with Crippen LogP contribution in [0.5, 0.6) is 5.75 Å². The molecule has 0 saturated heterocycles. The lowest BCUT2D eigenvalue weighted by Crippen LogP contribution is -2.03. The Kier molecular flexibility index (Phi) is 2.21. The van der Waals surface area contributed by atoms with E-state index in [-0.39, 0.29) is 0 Å². The normalized spacial score (nSPS) is 13.8. The second-order valence-corrected chi connectivity index (χ2v) is 4.75. The number of aromatic nitrogens is 1. The summed E-state index contributed by atoms with van der Waals surface area (Å²) in [5.41, 5.74) is 3.42. The lowest BCUT2D eigenvalue weighted by molar-refractivity contribution is 0.496. The molecule has 2 heteroatoms. The number of para-hydroxylation sites is 2. The van der Waals surface area contributed by atoms with Crippen LogP contribution in [0, 0.1) is 0 Å². The fraction of sp³-hybridized carbons (Fsp3) is 0.0588. The van der Waals surface area contributed by atoms with Crippen LogP contribution in [0.15, 0.2) is 60.7 Å². The fourth-order valence-corrected chi connectivity index (χ4v) is 2.51. The van der Waals surface area contributed by atoms with Crippen LogP contribution in [0.25, 0.3) is 16.7 Å². The van der Waals surface area contributed by atoms with Crippen LogP contribution in [-0.4, -0.2) is 4.98 Å². The minimum atomic E-state index is 0.912. The summed E-state index contributed by atoms with van der Waals surface area (Å²) in [6, 6.07) is 18.6. The molecule has 2 heterocycles. The van der Waals surface area contributed by atoms with Crippen molar-refractivity contribution in [2.75, 3.05) is 0 Å². The highest BCUT2D eigenvalue weighted by atomic mass is 16.5. The predicted octanol–water partition coefficient (Wildman–Crippen LogP) is 4.14. The van der Waals surface area contributed by atoms with Crippen LogP contribution in [0.4, 0.5) is 0 Å². The maximum Gasteiger partial charge on any atom is 0.147 e. The van der Waals surface area contributed by atoms with Crippen molar-refractivity contribution in [1.29, 1.82) is 0 Å². The van der Waals surface area contributed by atoms with E-state index in [4.69, 9.17) is 4.74 Å². The average molecular weight is 247 g/mol. The van der Waals surface area contributed by atoms with Gasteiger partial charge in [0.15, 0.2) is 0 Å². The first-order valence-corrected chi connectivity index (χ1v) is 6.44. The Hall–Kier alpha value is -2.48. The number of fused-ring (bicyclic) bond motifs is 2. The van der Waals surface area contributed by atoms with Crippen molar-refractivity contribution in [2.24, 2.45) is 0 Å². The van der Waals surface area contributed by atoms with Crippen LogP contribution in [0.2, 0.25) is 0 Å². The molecule has 0 spiro atoms. The summed E-state index contributed by atoms with van der Waals surface area (Å²) in [7, 11) is 0. The molecule has 0 radical (unpaired) electrons. The van der Waals surface area contributed by atoms with E-state index in [0.717, 1.165) is 29.1 Å². The number of H-pyrrole nitrogens is 1. The molecule has 2 nitrogen and oxygen atoms in total. The van der Waals surface area contributed by atoms with E-state index >= 15 is 0 Å². The lowest BCUT2D eigenvalue weighted by atomic mass is 10.1. The van der Waals surface area contributed by atoms with Gasteiger partial charge in [-0.25, -0.2) is 0 Å². The summed E-state index contributed by atoms with van der Waals surface area (Å²) >= 11 is 0. The molecular weight excluding hydrogens is 234 g/mol. The predicted molar refractivity (Wildman–Crippen MR) is 77.0 cm³/mol. The van der Waals surface area contributed by atoms with Crippen molar-refractivity contribution < 1.29 is 4.74 Å². The highest BCUT2D eigenvalue weighted by Gasteiger charge is 2.14. The second-order valence-electron chi connectivity index (χ2n) is 4.75. The Bertz CT molecular complexity index is 750. The van der Waals surface area contributed by atoms with Gasteiger partial charge < -0.3 is 9.72 Å². The summed E-state index contributed by atoms with van der Waals surface area (Å²) < 4.78 is 5.98. The van der Waals surface area contributed by atoms with E-state index in [9.17, 15) is 0 Å². The molecule has 3 aromatic rings. The number of benzene rings is 2. The standard InChI is InChI=1S/C17H13NO/c1-3-7-14-13(6-1)11-15(18-14)17-10-9-12-5-2-4-8-16(12)19-17/h1-8,10-11,18H,9H2. The van der Waals surface area contributed by atoms with Crippen molar-refractivity contribution >= 4 is 16.7 Å². The SMILES string of the molecule is C1=C(c2cc3ccccc3[nH]2)Oc2ccccc2C1. The van der Waals surface area contributed by atoms with Gasteiger partial charge >= 0.3 is 0 Å². The topological polar surface area (TPSA) is 25.0 Å². The van der Waals surface area contributed by atoms with Crippen molar-refractivity contribution in [2.45, 2.75) is 6.42 Å². The minimum absolute atomic E-state index is 0.912. The molecule has 1 aromatic heterocycles. The molecule has 19 heavy (non-hydrogen) atoms. The zero-order chi connectivity index (χ0) is 12.7. The van der Waals surface area contributed by atoms with Gasteiger partial charge in [-0.15, -0.1) is 0 Å². The molecule has 1 aliphatic rings. The highest BCUT2D eigenvalue weighted by Crippen LogP contribution is 2.31. The zero-order valence-corrected chi connectivity index (χ0v) is 10.4. The first-order valence-electron chi connectivity index (χ1n) is 6.44. The molecule has 0 amide bonds. The van der Waals surface area contributed by atoms with E-state index in [2.05, 4.69) is 35.3 Å². The largest absolute Gasteiger partial charge is 0.455 e. The molecule has 1 N–H and O–H groups in total. The van der Waals surface area contributed by atoms with Crippen LogP contribution in [-0.2, 0) is 6.42 Å². The number of nitrogens with one attached hydrogen (secondary N) is 1. The van der Waals surface area contributed by atoms with Gasteiger partial charge in [0.1, 0.15) is 11.5 Å². The van der Waals surface area contributed by atoms with E-state index in [0.29, 0.717) is 0 Å². The molecule has 0 saturated carbocycles. The number of hydrogen-bond acceptors (Lipinski definition) is 1. The van der Waals surface area contributed by atoms with Crippen molar-refractivity contribution in [1.82, 2.24) is 4.98 Å². The smallest absolute Gasteiger partial charge is 0.147 e. The molecule has 0 atom stereocenters. The number of ether oxygens (including phenoxy) is 1. The molecule has 1 aliphatic heterocycles. The minimum Gasteiger partial charge on any atom is -0.455 e. The zero-order valence-electron chi connectivity index (χ0n) is 10.4. The third-order valence-electron chi connectivity index (χ3n) is 3.50. The molecule has 0 unspecified atom stereocenters. The second kappa shape index (κ2) is 4.02. The molecule has 0 aliphatic carbocycles. The molecule has 92 valence electrons. The van der Waals surface area contributed by atoms with Gasteiger partial charge in [0.25, 0.3) is 0 Å². The summed E-state index contributed by atoms with van der Waals surface area (Å²) in [5, 5.41) is 1.21. The third kappa shape index (κ3) is 1.73. The average Bonchev–Trinajstić information content (AvgIpc) is 2.90. The van der Waals surface area contributed by atoms with Crippen molar-refractivity contribution in [3.05, 3.63) is 71.9 Å². The Balaban J connectivity index is 1.76. The molecular formula is C17H13NO. The molecule has 4 rings (SSSR count). The van der Waals surface area contributed by atoms with Crippen molar-refractivity contribution in [3.63, 3.8) is 0 Å². The Labute approximate surface area is 111 Å². The van der Waals surface area contributed by atoms with Gasteiger partial charge in [0.2, 0.25) is 0 Å². The van der Waals surface area contributed by atoms with Gasteiger partial charge in [0, 0.05) is 10.9 Å². The van der Waals surface area contributed by atoms with Gasteiger partial charge in [0.05, 0.1) is 5.69 Å². The maximum atomic E-state index is 5.98. The van der Waals surface area contributed by atoms with E-state index in [1.165, 1.54) is 10.9 Å². The maximum absolute atomic E-state index is 5.98. The van der Waals surface area contributed by atoms with E-state index < -0.39 is 0 Å². The van der Waals surface area contributed by atoms with Gasteiger partial charge in [-0.1, -0.05) is 36.4 Å². The fourth-order valence-electron chi connectivity index (χ4n) is 2.51. The van der Waals surface area contributed by atoms with Gasteiger partial charge in [-0.3, -0.25) is 0 Å². The summed E-state index contributed by atoms with van der Waals surface area (Å²) in [5.74, 6) is 1.87.